The summed E-state index contributed by atoms with van der Waals surface area (Å²) >= 11 is 0.374. The Morgan fingerprint density at radius 2 is 2.03 bits per heavy atom. The van der Waals surface area contributed by atoms with Crippen molar-refractivity contribution >= 4 is 28.5 Å². The van der Waals surface area contributed by atoms with Crippen LogP contribution in [0, 0.1) is 0 Å². The van der Waals surface area contributed by atoms with Crippen molar-refractivity contribution < 1.29 is 35.3 Å². The van der Waals surface area contributed by atoms with Crippen LogP contribution in [0.5, 0.6) is 0 Å². The number of allylic oxidation sites excluding steroid dienone is 2. The first kappa shape index (κ1) is 23.9. The molecule has 1 saturated carbocycles. The third kappa shape index (κ3) is 4.73. The summed E-state index contributed by atoms with van der Waals surface area (Å²) < 4.78 is 87.0. The van der Waals surface area contributed by atoms with Crippen molar-refractivity contribution in [2.45, 2.75) is 50.2 Å². The van der Waals surface area contributed by atoms with Crippen molar-refractivity contribution in [3.63, 3.8) is 0 Å². The van der Waals surface area contributed by atoms with Gasteiger partial charge in [-0.25, -0.2) is 13.6 Å². The number of urea groups is 1. The highest BCUT2D eigenvalue weighted by molar-refractivity contribution is 8.39. The van der Waals surface area contributed by atoms with Crippen molar-refractivity contribution in [1.82, 2.24) is 20.7 Å². The minimum absolute atomic E-state index is 0.000960. The minimum atomic E-state index is -4.65. The van der Waals surface area contributed by atoms with E-state index in [1.54, 1.807) is 0 Å². The lowest BCUT2D eigenvalue weighted by molar-refractivity contribution is -0.0985. The van der Waals surface area contributed by atoms with Crippen LogP contribution in [0.1, 0.15) is 26.2 Å². The van der Waals surface area contributed by atoms with E-state index in [0.717, 1.165) is 7.11 Å². The molecule has 2 amide bonds. The first-order valence-corrected chi connectivity index (χ1v) is 11.5. The number of nitrogens with two attached hydrogens (primary N) is 1. The third-order valence-corrected chi connectivity index (χ3v) is 8.71. The second-order valence-electron chi connectivity index (χ2n) is 6.93. The zero-order valence-corrected chi connectivity index (χ0v) is 18.0. The van der Waals surface area contributed by atoms with Crippen LogP contribution >= 0.6 is 22.4 Å². The lowest BCUT2D eigenvalue weighted by Gasteiger charge is -2.35. The molecule has 1 fully saturated rings. The molecular weight excluding hydrogens is 472 g/mol. The number of rotatable bonds is 5. The number of amides is 2. The molecule has 0 saturated heterocycles. The van der Waals surface area contributed by atoms with Crippen LogP contribution in [0.25, 0.3) is 0 Å². The molecule has 0 aromatic rings. The van der Waals surface area contributed by atoms with Crippen LogP contribution in [0.2, 0.25) is 0 Å². The van der Waals surface area contributed by atoms with Gasteiger partial charge in [0.15, 0.2) is 0 Å². The molecule has 0 bridgehead atoms. The zero-order valence-electron chi connectivity index (χ0n) is 16.3. The molecule has 0 radical (unpaired) electrons. The van der Waals surface area contributed by atoms with Gasteiger partial charge in [0.2, 0.25) is 5.95 Å². The molecule has 7 nitrogen and oxygen atoms in total. The second kappa shape index (κ2) is 8.67. The number of dihydropyridines is 1. The molecule has 0 spiro atoms. The van der Waals surface area contributed by atoms with Gasteiger partial charge < -0.3 is 20.1 Å². The molecule has 15 heteroatoms. The van der Waals surface area contributed by atoms with Gasteiger partial charge in [0.05, 0.1) is 7.11 Å². The van der Waals surface area contributed by atoms with Crippen molar-refractivity contribution in [2.75, 3.05) is 7.11 Å². The molecule has 2 heterocycles. The van der Waals surface area contributed by atoms with Crippen molar-refractivity contribution in [2.24, 2.45) is 5.14 Å². The average Bonchev–Trinajstić information content (AvgIpc) is 3.29. The van der Waals surface area contributed by atoms with Gasteiger partial charge >= 0.3 is 12.2 Å². The lowest BCUT2D eigenvalue weighted by Crippen LogP contribution is -2.45. The summed E-state index contributed by atoms with van der Waals surface area (Å²) in [4.78, 5) is 12.6. The van der Waals surface area contributed by atoms with Gasteiger partial charge in [-0.15, -0.1) is 0 Å². The van der Waals surface area contributed by atoms with Crippen LogP contribution in [0.3, 0.4) is 0 Å². The Kier molecular flexibility index (Phi) is 6.70. The number of carbonyl (C=O) groups excluding carboxylic acids is 1. The van der Waals surface area contributed by atoms with Crippen molar-refractivity contribution in [1.29, 1.82) is 0 Å². The standard InChI is InChI=1S/C16H21F6N5O2S2/c1-6-9(7-4-3-5-8(7)24-10(6)16(20,21)22)25-15(28)27-31(23,29-2)14-12(19)26-13(30-14)11(17)18/h8,11,13,24,26H,3-5,23H2,1-2H3,(H2,25,27,28). The van der Waals surface area contributed by atoms with Crippen molar-refractivity contribution in [3.8, 4) is 0 Å². The van der Waals surface area contributed by atoms with Crippen LogP contribution in [0.15, 0.2) is 32.7 Å². The van der Waals surface area contributed by atoms with Crippen LogP contribution in [-0.4, -0.2) is 37.2 Å². The van der Waals surface area contributed by atoms with E-state index in [2.05, 4.69) is 15.4 Å². The molecule has 176 valence electrons. The normalized spacial score (nSPS) is 27.0. The molecule has 6 N–H and O–H groups in total. The van der Waals surface area contributed by atoms with E-state index in [1.807, 2.05) is 5.32 Å². The predicted molar refractivity (Wildman–Crippen MR) is 106 cm³/mol. The van der Waals surface area contributed by atoms with Gasteiger partial charge in [-0.3, -0.25) is 9.86 Å². The molecule has 0 aromatic heterocycles. The van der Waals surface area contributed by atoms with Gasteiger partial charge in [0.25, 0.3) is 6.43 Å². The van der Waals surface area contributed by atoms with E-state index in [4.69, 9.17) is 9.32 Å². The largest absolute Gasteiger partial charge is 0.431 e. The molecule has 31 heavy (non-hydrogen) atoms. The first-order chi connectivity index (χ1) is 14.4. The van der Waals surface area contributed by atoms with Crippen molar-refractivity contribution in [3.05, 3.63) is 32.7 Å². The summed E-state index contributed by atoms with van der Waals surface area (Å²) in [5.74, 6) is -1.16. The number of fused-ring (bicyclic) bond motifs is 1. The summed E-state index contributed by atoms with van der Waals surface area (Å²) in [6, 6.07) is -1.62. The fraction of sp³-hybridized carbons (Fsp3) is 0.562. The van der Waals surface area contributed by atoms with Gasteiger partial charge in [-0.1, -0.05) is 11.8 Å². The van der Waals surface area contributed by atoms with Gasteiger partial charge in [0, 0.05) is 28.0 Å². The topological polar surface area (TPSA) is 100 Å². The Morgan fingerprint density at radius 1 is 1.35 bits per heavy atom. The summed E-state index contributed by atoms with van der Waals surface area (Å²) in [6.07, 6.45) is -5.98. The monoisotopic (exact) mass is 493 g/mol. The van der Waals surface area contributed by atoms with E-state index in [-0.39, 0.29) is 11.3 Å². The maximum absolute atomic E-state index is 14.2. The number of halogens is 6. The highest BCUT2D eigenvalue weighted by Gasteiger charge is 2.44. The lowest BCUT2D eigenvalue weighted by atomic mass is 9.97. The number of hydrogen-bond acceptors (Lipinski definition) is 6. The molecule has 0 aromatic carbocycles. The number of nitrogens with one attached hydrogen (secondary N) is 4. The fourth-order valence-electron chi connectivity index (χ4n) is 3.56. The quantitative estimate of drug-likeness (QED) is 0.296. The Bertz CT molecular complexity index is 862. The smallest absolute Gasteiger partial charge is 0.374 e. The molecule has 3 aliphatic rings. The average molecular weight is 493 g/mol. The van der Waals surface area contributed by atoms with Crippen LogP contribution in [-0.2, 0) is 4.18 Å². The summed E-state index contributed by atoms with van der Waals surface area (Å²) in [7, 11) is -2.32. The minimum Gasteiger partial charge on any atom is -0.374 e. The number of carbonyl (C=O) groups is 1. The fourth-order valence-corrected chi connectivity index (χ4v) is 6.41. The van der Waals surface area contributed by atoms with Gasteiger partial charge in [-0.05, 0) is 31.8 Å². The number of thioether (sulfide) groups is 1. The maximum Gasteiger partial charge on any atom is 0.431 e. The highest BCUT2D eigenvalue weighted by atomic mass is 32.3. The van der Waals surface area contributed by atoms with Crippen LogP contribution in [0.4, 0.5) is 31.1 Å². The maximum atomic E-state index is 14.2. The molecule has 3 unspecified atom stereocenters. The van der Waals surface area contributed by atoms with E-state index in [1.165, 1.54) is 6.92 Å². The highest BCUT2D eigenvalue weighted by Crippen LogP contribution is 2.56. The second-order valence-corrected chi connectivity index (χ2v) is 10.5. The predicted octanol–water partition coefficient (Wildman–Crippen LogP) is 3.71. The molecule has 2 aliphatic heterocycles. The van der Waals surface area contributed by atoms with E-state index >= 15 is 0 Å². The third-order valence-electron chi connectivity index (χ3n) is 4.96. The number of alkyl halides is 5. The molecule has 1 aliphatic carbocycles. The molecule has 3 atom stereocenters. The van der Waals surface area contributed by atoms with Gasteiger partial charge in [0.1, 0.15) is 15.3 Å². The van der Waals surface area contributed by atoms with Gasteiger partial charge in [-0.2, -0.15) is 17.6 Å². The van der Waals surface area contributed by atoms with E-state index < -0.39 is 56.6 Å². The Hall–Kier alpha value is -1.71. The summed E-state index contributed by atoms with van der Waals surface area (Å²) in [5, 5.41) is 11.1. The van der Waals surface area contributed by atoms with E-state index in [0.29, 0.717) is 36.6 Å². The Balaban J connectivity index is 1.83. The SMILES string of the molecule is COS(N)(NC(=O)NC1=C2CCCC2NC(C(F)(F)F)=C1C)C1=C(F)NC(C(F)F)S1. The summed E-state index contributed by atoms with van der Waals surface area (Å²) in [6.45, 7) is 1.22. The molecule has 3 rings (SSSR count). The summed E-state index contributed by atoms with van der Waals surface area (Å²) in [5.41, 5.74) is -0.552. The first-order valence-electron chi connectivity index (χ1n) is 9.02. The zero-order chi connectivity index (χ0) is 23.1. The Morgan fingerprint density at radius 3 is 2.58 bits per heavy atom. The van der Waals surface area contributed by atoms with Crippen LogP contribution < -0.4 is 25.8 Å². The number of hydrogen-bond donors (Lipinski definition) is 5. The molecular formula is C16H21F6N5O2S2. The van der Waals surface area contributed by atoms with E-state index in [9.17, 15) is 31.1 Å². The Labute approximate surface area is 180 Å².